The monoisotopic (exact) mass is 306 g/mol. The van der Waals surface area contributed by atoms with Crippen LogP contribution < -0.4 is 5.32 Å². The van der Waals surface area contributed by atoms with Gasteiger partial charge in [-0.05, 0) is 31.6 Å². The number of amides is 1. The molecule has 5 heteroatoms. The molecule has 0 saturated carbocycles. The van der Waals surface area contributed by atoms with E-state index in [0.717, 1.165) is 16.6 Å². The number of nitrogens with one attached hydrogen (secondary N) is 1. The molecule has 0 fully saturated rings. The van der Waals surface area contributed by atoms with E-state index in [4.69, 9.17) is 0 Å². The van der Waals surface area contributed by atoms with Crippen molar-refractivity contribution < 1.29 is 4.79 Å². The molecule has 3 aromatic rings. The van der Waals surface area contributed by atoms with Crippen LogP contribution in [0.5, 0.6) is 0 Å². The van der Waals surface area contributed by atoms with Crippen LogP contribution in [0.4, 0.5) is 5.69 Å². The Labute approximate surface area is 134 Å². The molecule has 5 nitrogen and oxygen atoms in total. The fourth-order valence-corrected chi connectivity index (χ4v) is 2.31. The van der Waals surface area contributed by atoms with Gasteiger partial charge in [-0.2, -0.15) is 5.10 Å². The average Bonchev–Trinajstić information content (AvgIpc) is 2.97. The topological polar surface area (TPSA) is 59.8 Å². The van der Waals surface area contributed by atoms with Crippen LogP contribution >= 0.6 is 0 Å². The van der Waals surface area contributed by atoms with Gasteiger partial charge in [0.25, 0.3) is 0 Å². The van der Waals surface area contributed by atoms with Crippen LogP contribution in [0, 0.1) is 0 Å². The molecule has 0 aliphatic carbocycles. The van der Waals surface area contributed by atoms with E-state index in [0.29, 0.717) is 5.69 Å². The van der Waals surface area contributed by atoms with E-state index in [1.54, 1.807) is 18.5 Å². The van der Waals surface area contributed by atoms with Gasteiger partial charge in [0.05, 0.1) is 18.1 Å². The standard InChI is InChI=1S/C18H18N4O/c1-13(2)22-18-15(11-20-22)10-16(12-19-18)21-17(23)9-8-14-6-4-3-5-7-14/h3-13H,1-2H3,(H,21,23). The number of pyridine rings is 1. The second-order valence-electron chi connectivity index (χ2n) is 5.55. The van der Waals surface area contributed by atoms with E-state index >= 15 is 0 Å². The Balaban J connectivity index is 1.74. The number of fused-ring (bicyclic) bond motifs is 1. The molecule has 2 aromatic heterocycles. The van der Waals surface area contributed by atoms with Crippen LogP contribution in [0.1, 0.15) is 25.5 Å². The molecule has 0 unspecified atom stereocenters. The summed E-state index contributed by atoms with van der Waals surface area (Å²) in [5, 5.41) is 8.04. The van der Waals surface area contributed by atoms with Crippen molar-refractivity contribution in [1.82, 2.24) is 14.8 Å². The number of aromatic nitrogens is 3. The van der Waals surface area contributed by atoms with Gasteiger partial charge in [0.15, 0.2) is 5.65 Å². The second-order valence-corrected chi connectivity index (χ2v) is 5.55. The fourth-order valence-electron chi connectivity index (χ4n) is 2.31. The Bertz CT molecular complexity index is 850. The molecule has 1 aromatic carbocycles. The second kappa shape index (κ2) is 6.44. The Kier molecular flexibility index (Phi) is 4.19. The molecule has 0 aliphatic heterocycles. The third-order valence-corrected chi connectivity index (χ3v) is 3.42. The van der Waals surface area contributed by atoms with Gasteiger partial charge in [-0.1, -0.05) is 30.3 Å². The highest BCUT2D eigenvalue weighted by Gasteiger charge is 2.08. The van der Waals surface area contributed by atoms with Crippen molar-refractivity contribution in [1.29, 1.82) is 0 Å². The molecular formula is C18H18N4O. The first-order chi connectivity index (χ1) is 11.1. The molecule has 1 amide bonds. The van der Waals surface area contributed by atoms with E-state index in [2.05, 4.69) is 29.2 Å². The summed E-state index contributed by atoms with van der Waals surface area (Å²) < 4.78 is 1.86. The molecule has 0 bridgehead atoms. The lowest BCUT2D eigenvalue weighted by Gasteiger charge is -2.06. The van der Waals surface area contributed by atoms with Crippen molar-refractivity contribution >= 4 is 28.7 Å². The molecule has 0 aliphatic rings. The van der Waals surface area contributed by atoms with Crippen molar-refractivity contribution in [2.75, 3.05) is 5.32 Å². The smallest absolute Gasteiger partial charge is 0.248 e. The van der Waals surface area contributed by atoms with Crippen LogP contribution in [0.2, 0.25) is 0 Å². The first kappa shape index (κ1) is 15.0. The summed E-state index contributed by atoms with van der Waals surface area (Å²) in [5.41, 5.74) is 2.45. The van der Waals surface area contributed by atoms with Gasteiger partial charge in [-0.3, -0.25) is 4.79 Å². The first-order valence-electron chi connectivity index (χ1n) is 7.51. The molecule has 1 N–H and O–H groups in total. The SMILES string of the molecule is CC(C)n1ncc2cc(NC(=O)C=Cc3ccccc3)cnc21. The van der Waals surface area contributed by atoms with Crippen molar-refractivity contribution in [2.45, 2.75) is 19.9 Å². The molecule has 116 valence electrons. The molecule has 23 heavy (non-hydrogen) atoms. The van der Waals surface area contributed by atoms with Crippen LogP contribution in [0.3, 0.4) is 0 Å². The fraction of sp³-hybridized carbons (Fsp3) is 0.167. The highest BCUT2D eigenvalue weighted by Crippen LogP contribution is 2.19. The third-order valence-electron chi connectivity index (χ3n) is 3.42. The summed E-state index contributed by atoms with van der Waals surface area (Å²) in [7, 11) is 0. The Morgan fingerprint density at radius 2 is 2.00 bits per heavy atom. The molecule has 0 saturated heterocycles. The largest absolute Gasteiger partial charge is 0.321 e. The first-order valence-corrected chi connectivity index (χ1v) is 7.51. The van der Waals surface area contributed by atoms with Crippen LogP contribution in [-0.2, 0) is 4.79 Å². The number of benzene rings is 1. The number of rotatable bonds is 4. The summed E-state index contributed by atoms with van der Waals surface area (Å²) in [6.07, 6.45) is 6.70. The Morgan fingerprint density at radius 3 is 2.74 bits per heavy atom. The predicted octanol–water partition coefficient (Wildman–Crippen LogP) is 3.66. The van der Waals surface area contributed by atoms with Gasteiger partial charge in [0.2, 0.25) is 5.91 Å². The maximum atomic E-state index is 12.0. The number of anilines is 1. The number of carbonyl (C=O) groups is 1. The molecule has 2 heterocycles. The van der Waals surface area contributed by atoms with E-state index in [-0.39, 0.29) is 11.9 Å². The van der Waals surface area contributed by atoms with Gasteiger partial charge in [0.1, 0.15) is 0 Å². The van der Waals surface area contributed by atoms with Crippen LogP contribution in [0.15, 0.2) is 54.9 Å². The van der Waals surface area contributed by atoms with Crippen molar-refractivity contribution in [3.63, 3.8) is 0 Å². The molecule has 3 rings (SSSR count). The van der Waals surface area contributed by atoms with Crippen molar-refractivity contribution in [3.8, 4) is 0 Å². The van der Waals surface area contributed by atoms with Gasteiger partial charge in [-0.25, -0.2) is 9.67 Å². The minimum atomic E-state index is -0.189. The quantitative estimate of drug-likeness (QED) is 0.748. The van der Waals surface area contributed by atoms with Gasteiger partial charge < -0.3 is 5.32 Å². The highest BCUT2D eigenvalue weighted by atomic mass is 16.1. The minimum Gasteiger partial charge on any atom is -0.321 e. The highest BCUT2D eigenvalue weighted by molar-refractivity contribution is 6.02. The lowest BCUT2D eigenvalue weighted by Crippen LogP contribution is -2.08. The summed E-state index contributed by atoms with van der Waals surface area (Å²) >= 11 is 0. The zero-order valence-corrected chi connectivity index (χ0v) is 13.1. The van der Waals surface area contributed by atoms with Crippen molar-refractivity contribution in [3.05, 3.63) is 60.4 Å². The zero-order chi connectivity index (χ0) is 16.2. The summed E-state index contributed by atoms with van der Waals surface area (Å²) in [4.78, 5) is 16.4. The maximum Gasteiger partial charge on any atom is 0.248 e. The van der Waals surface area contributed by atoms with Gasteiger partial charge >= 0.3 is 0 Å². The van der Waals surface area contributed by atoms with Gasteiger partial charge in [-0.15, -0.1) is 0 Å². The number of hydrogen-bond donors (Lipinski definition) is 1. The molecule has 0 atom stereocenters. The number of hydrogen-bond acceptors (Lipinski definition) is 3. The van der Waals surface area contributed by atoms with Gasteiger partial charge in [0, 0.05) is 17.5 Å². The number of nitrogens with zero attached hydrogens (tertiary/aromatic N) is 3. The van der Waals surface area contributed by atoms with Crippen LogP contribution in [0.25, 0.3) is 17.1 Å². The molecular weight excluding hydrogens is 288 g/mol. The minimum absolute atomic E-state index is 0.189. The predicted molar refractivity (Wildman–Crippen MR) is 92.0 cm³/mol. The average molecular weight is 306 g/mol. The Morgan fingerprint density at radius 1 is 1.22 bits per heavy atom. The van der Waals surface area contributed by atoms with Crippen LogP contribution in [-0.4, -0.2) is 20.7 Å². The zero-order valence-electron chi connectivity index (χ0n) is 13.1. The summed E-state index contributed by atoms with van der Waals surface area (Å²) in [6, 6.07) is 11.8. The van der Waals surface area contributed by atoms with E-state index in [1.165, 1.54) is 6.08 Å². The summed E-state index contributed by atoms with van der Waals surface area (Å²) in [6.45, 7) is 4.11. The lowest BCUT2D eigenvalue weighted by atomic mass is 10.2. The van der Waals surface area contributed by atoms with E-state index < -0.39 is 0 Å². The van der Waals surface area contributed by atoms with E-state index in [1.807, 2.05) is 41.1 Å². The Hall–Kier alpha value is -2.95. The molecule has 0 radical (unpaired) electrons. The third kappa shape index (κ3) is 3.45. The maximum absolute atomic E-state index is 12.0. The lowest BCUT2D eigenvalue weighted by molar-refractivity contribution is -0.111. The number of carbonyl (C=O) groups excluding carboxylic acids is 1. The summed E-state index contributed by atoms with van der Waals surface area (Å²) in [5.74, 6) is -0.189. The molecule has 0 spiro atoms. The normalized spacial score (nSPS) is 11.4. The van der Waals surface area contributed by atoms with E-state index in [9.17, 15) is 4.79 Å². The van der Waals surface area contributed by atoms with Crippen molar-refractivity contribution in [2.24, 2.45) is 0 Å².